The number of carbonyl (C=O) groups excluding carboxylic acids is 1. The number of amides is 1. The fourth-order valence-electron chi connectivity index (χ4n) is 3.26. The van der Waals surface area contributed by atoms with E-state index in [1.807, 2.05) is 56.6 Å². The van der Waals surface area contributed by atoms with Gasteiger partial charge in [-0.1, -0.05) is 48.5 Å². The number of carbonyl (C=O) groups is 1. The first-order valence-corrected chi connectivity index (χ1v) is 7.96. The van der Waals surface area contributed by atoms with Crippen LogP contribution in [-0.2, 0) is 4.79 Å². The maximum atomic E-state index is 12.4. The average Bonchev–Trinajstić information content (AvgIpc) is 2.90. The SMILES string of the molecule is CN(C)c1ccc(C=C2C(=O)Nc3ccccc32)c2ccccc12. The highest BCUT2D eigenvalue weighted by atomic mass is 16.2. The van der Waals surface area contributed by atoms with E-state index in [1.54, 1.807) is 0 Å². The molecule has 0 unspecified atom stereocenters. The Balaban J connectivity index is 1.93. The van der Waals surface area contributed by atoms with Crippen LogP contribution in [0.3, 0.4) is 0 Å². The lowest BCUT2D eigenvalue weighted by atomic mass is 9.98. The highest BCUT2D eigenvalue weighted by Gasteiger charge is 2.23. The van der Waals surface area contributed by atoms with Crippen molar-refractivity contribution in [3.63, 3.8) is 0 Å². The van der Waals surface area contributed by atoms with E-state index < -0.39 is 0 Å². The molecule has 0 spiro atoms. The zero-order chi connectivity index (χ0) is 16.7. The van der Waals surface area contributed by atoms with Crippen LogP contribution in [0, 0.1) is 0 Å². The molecule has 0 saturated carbocycles. The molecule has 1 aliphatic rings. The van der Waals surface area contributed by atoms with Gasteiger partial charge in [0, 0.05) is 42.0 Å². The van der Waals surface area contributed by atoms with Crippen LogP contribution in [0.5, 0.6) is 0 Å². The molecule has 0 aromatic heterocycles. The molecule has 0 bridgehead atoms. The normalized spacial score (nSPS) is 14.8. The van der Waals surface area contributed by atoms with Gasteiger partial charge in [0.2, 0.25) is 0 Å². The van der Waals surface area contributed by atoms with Crippen molar-refractivity contribution in [3.05, 3.63) is 71.8 Å². The first-order valence-electron chi connectivity index (χ1n) is 7.96. The first-order chi connectivity index (χ1) is 11.6. The quantitative estimate of drug-likeness (QED) is 0.711. The molecular formula is C21H18N2O. The number of nitrogens with one attached hydrogen (secondary N) is 1. The summed E-state index contributed by atoms with van der Waals surface area (Å²) in [4.78, 5) is 14.5. The topological polar surface area (TPSA) is 32.3 Å². The average molecular weight is 314 g/mol. The summed E-state index contributed by atoms with van der Waals surface area (Å²) in [7, 11) is 4.08. The molecule has 1 amide bonds. The number of anilines is 2. The highest BCUT2D eigenvalue weighted by molar-refractivity contribution is 6.35. The Morgan fingerprint density at radius 3 is 2.38 bits per heavy atom. The number of hydrogen-bond donors (Lipinski definition) is 1. The minimum absolute atomic E-state index is 0.0445. The van der Waals surface area contributed by atoms with Crippen molar-refractivity contribution in [2.45, 2.75) is 0 Å². The van der Waals surface area contributed by atoms with Crippen LogP contribution in [0.2, 0.25) is 0 Å². The third-order valence-corrected chi connectivity index (χ3v) is 4.43. The third-order valence-electron chi connectivity index (χ3n) is 4.43. The summed E-state index contributed by atoms with van der Waals surface area (Å²) < 4.78 is 0. The number of para-hydroxylation sites is 1. The summed E-state index contributed by atoms with van der Waals surface area (Å²) in [6.07, 6.45) is 1.99. The minimum Gasteiger partial charge on any atom is -0.377 e. The van der Waals surface area contributed by atoms with Crippen molar-refractivity contribution >= 4 is 39.7 Å². The van der Waals surface area contributed by atoms with Gasteiger partial charge in [0.1, 0.15) is 0 Å². The van der Waals surface area contributed by atoms with Crippen LogP contribution in [-0.4, -0.2) is 20.0 Å². The van der Waals surface area contributed by atoms with Gasteiger partial charge in [-0.2, -0.15) is 0 Å². The minimum atomic E-state index is -0.0445. The van der Waals surface area contributed by atoms with Crippen molar-refractivity contribution < 1.29 is 4.79 Å². The standard InChI is InChI=1S/C21H18N2O/c1-23(2)20-12-11-14(15-7-3-4-9-17(15)20)13-18-16-8-5-6-10-19(16)22-21(18)24/h3-13H,1-2H3,(H,22,24). The van der Waals surface area contributed by atoms with Gasteiger partial charge in [0.15, 0.2) is 0 Å². The Morgan fingerprint density at radius 1 is 0.875 bits per heavy atom. The highest BCUT2D eigenvalue weighted by Crippen LogP contribution is 2.35. The van der Waals surface area contributed by atoms with Gasteiger partial charge in [0.05, 0.1) is 0 Å². The van der Waals surface area contributed by atoms with E-state index in [0.717, 1.165) is 22.2 Å². The summed E-state index contributed by atoms with van der Waals surface area (Å²) in [5.41, 5.74) is 4.78. The lowest BCUT2D eigenvalue weighted by Gasteiger charge is -2.16. The third kappa shape index (κ3) is 2.26. The fourth-order valence-corrected chi connectivity index (χ4v) is 3.26. The van der Waals surface area contributed by atoms with Crippen LogP contribution in [0.4, 0.5) is 11.4 Å². The van der Waals surface area contributed by atoms with E-state index >= 15 is 0 Å². The van der Waals surface area contributed by atoms with Gasteiger partial charge in [-0.05, 0) is 29.2 Å². The van der Waals surface area contributed by atoms with Gasteiger partial charge < -0.3 is 10.2 Å². The molecule has 0 radical (unpaired) electrons. The monoisotopic (exact) mass is 314 g/mol. The van der Waals surface area contributed by atoms with Crippen molar-refractivity contribution in [2.75, 3.05) is 24.3 Å². The van der Waals surface area contributed by atoms with Gasteiger partial charge in [-0.25, -0.2) is 0 Å². The zero-order valence-corrected chi connectivity index (χ0v) is 13.7. The Labute approximate surface area is 141 Å². The van der Waals surface area contributed by atoms with E-state index in [-0.39, 0.29) is 5.91 Å². The predicted molar refractivity (Wildman–Crippen MR) is 101 cm³/mol. The lowest BCUT2D eigenvalue weighted by molar-refractivity contribution is -0.110. The first kappa shape index (κ1) is 14.5. The van der Waals surface area contributed by atoms with Crippen LogP contribution in [0.25, 0.3) is 22.4 Å². The number of nitrogens with zero attached hydrogens (tertiary/aromatic N) is 1. The molecule has 0 atom stereocenters. The van der Waals surface area contributed by atoms with E-state index in [2.05, 4.69) is 34.5 Å². The molecule has 3 aromatic rings. The molecule has 3 nitrogen and oxygen atoms in total. The van der Waals surface area contributed by atoms with Gasteiger partial charge in [-0.3, -0.25) is 4.79 Å². The van der Waals surface area contributed by atoms with Crippen molar-refractivity contribution in [1.29, 1.82) is 0 Å². The number of benzene rings is 3. The van der Waals surface area contributed by atoms with Crippen molar-refractivity contribution in [2.24, 2.45) is 0 Å². The van der Waals surface area contributed by atoms with Gasteiger partial charge >= 0.3 is 0 Å². The van der Waals surface area contributed by atoms with Crippen molar-refractivity contribution in [3.8, 4) is 0 Å². The molecule has 1 heterocycles. The fraction of sp³-hybridized carbons (Fsp3) is 0.0952. The Morgan fingerprint density at radius 2 is 1.58 bits per heavy atom. The van der Waals surface area contributed by atoms with E-state index in [0.29, 0.717) is 5.57 Å². The smallest absolute Gasteiger partial charge is 0.256 e. The molecule has 118 valence electrons. The molecule has 3 aromatic carbocycles. The van der Waals surface area contributed by atoms with Crippen molar-refractivity contribution in [1.82, 2.24) is 0 Å². The van der Waals surface area contributed by atoms with Crippen LogP contribution >= 0.6 is 0 Å². The molecular weight excluding hydrogens is 296 g/mol. The van der Waals surface area contributed by atoms with Gasteiger partial charge in [-0.15, -0.1) is 0 Å². The molecule has 0 fully saturated rings. The Kier molecular flexibility index (Phi) is 3.35. The number of fused-ring (bicyclic) bond motifs is 2. The van der Waals surface area contributed by atoms with Gasteiger partial charge in [0.25, 0.3) is 5.91 Å². The Bertz CT molecular complexity index is 986. The maximum Gasteiger partial charge on any atom is 0.256 e. The predicted octanol–water partition coefficient (Wildman–Crippen LogP) is 4.40. The second kappa shape index (κ2) is 5.53. The molecule has 24 heavy (non-hydrogen) atoms. The molecule has 1 aliphatic heterocycles. The maximum absolute atomic E-state index is 12.4. The molecule has 0 saturated heterocycles. The zero-order valence-electron chi connectivity index (χ0n) is 13.7. The van der Waals surface area contributed by atoms with E-state index in [9.17, 15) is 4.79 Å². The number of rotatable bonds is 2. The lowest BCUT2D eigenvalue weighted by Crippen LogP contribution is -2.09. The van der Waals surface area contributed by atoms with Crippen LogP contribution in [0.15, 0.2) is 60.7 Å². The van der Waals surface area contributed by atoms with Crippen LogP contribution < -0.4 is 10.2 Å². The molecule has 1 N–H and O–H groups in total. The van der Waals surface area contributed by atoms with E-state index in [1.165, 1.54) is 11.1 Å². The summed E-state index contributed by atoms with van der Waals surface area (Å²) >= 11 is 0. The second-order valence-electron chi connectivity index (χ2n) is 6.17. The molecule has 3 heteroatoms. The second-order valence-corrected chi connectivity index (χ2v) is 6.17. The summed E-state index contributed by atoms with van der Waals surface area (Å²) in [5.74, 6) is -0.0445. The summed E-state index contributed by atoms with van der Waals surface area (Å²) in [6.45, 7) is 0. The summed E-state index contributed by atoms with van der Waals surface area (Å²) in [5, 5.41) is 5.26. The van der Waals surface area contributed by atoms with E-state index in [4.69, 9.17) is 0 Å². The summed E-state index contributed by atoms with van der Waals surface area (Å²) in [6, 6.07) is 20.3. The molecule has 0 aliphatic carbocycles. The number of hydrogen-bond acceptors (Lipinski definition) is 2. The Hall–Kier alpha value is -3.07. The molecule has 4 rings (SSSR count). The largest absolute Gasteiger partial charge is 0.377 e. The van der Waals surface area contributed by atoms with Crippen LogP contribution in [0.1, 0.15) is 11.1 Å².